The highest BCUT2D eigenvalue weighted by Crippen LogP contribution is 2.38. The van der Waals surface area contributed by atoms with Crippen LogP contribution < -0.4 is 9.47 Å². The number of hydrogen-bond acceptors (Lipinski definition) is 5. The summed E-state index contributed by atoms with van der Waals surface area (Å²) in [6.07, 6.45) is 1.62. The van der Waals surface area contributed by atoms with Gasteiger partial charge in [0.05, 0.1) is 11.6 Å². The van der Waals surface area contributed by atoms with Crippen molar-refractivity contribution < 1.29 is 19.0 Å². The summed E-state index contributed by atoms with van der Waals surface area (Å²) in [7, 11) is 0. The van der Waals surface area contributed by atoms with Gasteiger partial charge in [0.2, 0.25) is 5.90 Å². The van der Waals surface area contributed by atoms with Crippen molar-refractivity contribution in [3.05, 3.63) is 95.2 Å². The molecule has 0 bridgehead atoms. The van der Waals surface area contributed by atoms with Gasteiger partial charge in [-0.3, -0.25) is 0 Å². The number of nitrogens with zero attached hydrogens (tertiary/aromatic N) is 1. The number of hydrogen-bond donors (Lipinski definition) is 0. The largest absolute Gasteiger partial charge is 0.490 e. The summed E-state index contributed by atoms with van der Waals surface area (Å²) in [5.41, 5.74) is 2.61. The van der Waals surface area contributed by atoms with Crippen molar-refractivity contribution in [3.63, 3.8) is 0 Å². The van der Waals surface area contributed by atoms with E-state index in [0.717, 1.165) is 18.3 Å². The van der Waals surface area contributed by atoms with Crippen LogP contribution >= 0.6 is 56.8 Å². The minimum absolute atomic E-state index is 0.189. The maximum atomic E-state index is 12.4. The van der Waals surface area contributed by atoms with Gasteiger partial charge in [-0.2, -0.15) is 0 Å². The first kappa shape index (κ1) is 24.0. The van der Waals surface area contributed by atoms with E-state index in [2.05, 4.69) is 50.2 Å². The molecule has 0 saturated heterocycles. The second kappa shape index (κ2) is 10.9. The maximum Gasteiger partial charge on any atom is 0.363 e. The molecule has 0 N–H and O–H groups in total. The van der Waals surface area contributed by atoms with Gasteiger partial charge in [0.25, 0.3) is 0 Å². The van der Waals surface area contributed by atoms with E-state index in [4.69, 9.17) is 25.8 Å². The maximum absolute atomic E-state index is 12.4. The summed E-state index contributed by atoms with van der Waals surface area (Å²) in [4.78, 5) is 16.7. The van der Waals surface area contributed by atoms with Gasteiger partial charge in [-0.05, 0) is 118 Å². The molecule has 0 unspecified atom stereocenters. The fourth-order valence-corrected chi connectivity index (χ4v) is 4.38. The second-order valence-electron chi connectivity index (χ2n) is 7.02. The van der Waals surface area contributed by atoms with Gasteiger partial charge in [-0.1, -0.05) is 23.7 Å². The molecule has 8 heteroatoms. The number of carbonyl (C=O) groups is 1. The number of benzene rings is 3. The Morgan fingerprint density at radius 2 is 1.82 bits per heavy atom. The number of carbonyl (C=O) groups excluding carboxylic acids is 1. The summed E-state index contributed by atoms with van der Waals surface area (Å²) in [6, 6.07) is 19.1. The van der Waals surface area contributed by atoms with Crippen LogP contribution in [0.4, 0.5) is 0 Å². The van der Waals surface area contributed by atoms with E-state index in [0.29, 0.717) is 35.3 Å². The molecular formula is C25H18ClI2NO4. The molecule has 1 heterocycles. The molecule has 4 rings (SSSR count). The monoisotopic (exact) mass is 685 g/mol. The molecule has 1 aliphatic rings. The topological polar surface area (TPSA) is 57.1 Å². The van der Waals surface area contributed by atoms with Gasteiger partial charge >= 0.3 is 5.97 Å². The van der Waals surface area contributed by atoms with Crippen LogP contribution in [0.3, 0.4) is 0 Å². The van der Waals surface area contributed by atoms with E-state index in [9.17, 15) is 4.79 Å². The van der Waals surface area contributed by atoms with Gasteiger partial charge in [0.15, 0.2) is 17.2 Å². The van der Waals surface area contributed by atoms with Crippen molar-refractivity contribution in [2.75, 3.05) is 6.61 Å². The van der Waals surface area contributed by atoms with Crippen LogP contribution in [0.25, 0.3) is 6.08 Å². The predicted octanol–water partition coefficient (Wildman–Crippen LogP) is 6.87. The SMILES string of the molecule is CCOc1cc(/C=C2\N=C(c3ccc(I)cc3)OC2=O)cc(Cl)c1OCc1cccc(I)c1. The summed E-state index contributed by atoms with van der Waals surface area (Å²) in [5.74, 6) is 0.708. The predicted molar refractivity (Wildman–Crippen MR) is 146 cm³/mol. The van der Waals surface area contributed by atoms with Crippen molar-refractivity contribution in [1.29, 1.82) is 0 Å². The average molecular weight is 686 g/mol. The molecule has 0 saturated carbocycles. The molecule has 33 heavy (non-hydrogen) atoms. The van der Waals surface area contributed by atoms with E-state index in [-0.39, 0.29) is 11.6 Å². The Morgan fingerprint density at radius 1 is 1.03 bits per heavy atom. The normalized spacial score (nSPS) is 14.2. The third-order valence-electron chi connectivity index (χ3n) is 4.62. The first-order chi connectivity index (χ1) is 15.9. The van der Waals surface area contributed by atoms with Crippen LogP contribution in [-0.2, 0) is 16.1 Å². The highest BCUT2D eigenvalue weighted by atomic mass is 127. The van der Waals surface area contributed by atoms with Gasteiger partial charge < -0.3 is 14.2 Å². The standard InChI is InChI=1S/C25H18ClI2NO4/c1-2-31-22-13-16(11-20(26)23(22)32-14-15-4-3-5-19(28)10-15)12-21-25(30)33-24(29-21)17-6-8-18(27)9-7-17/h3-13H,2,14H2,1H3/b21-12-. The van der Waals surface area contributed by atoms with Gasteiger partial charge in [0.1, 0.15) is 6.61 Å². The van der Waals surface area contributed by atoms with Crippen molar-refractivity contribution in [2.24, 2.45) is 4.99 Å². The summed E-state index contributed by atoms with van der Waals surface area (Å²) >= 11 is 11.0. The zero-order chi connectivity index (χ0) is 23.4. The lowest BCUT2D eigenvalue weighted by Gasteiger charge is -2.15. The Bertz CT molecular complexity index is 1260. The highest BCUT2D eigenvalue weighted by molar-refractivity contribution is 14.1. The lowest BCUT2D eigenvalue weighted by atomic mass is 10.1. The first-order valence-corrected chi connectivity index (χ1v) is 12.6. The second-order valence-corrected chi connectivity index (χ2v) is 9.92. The number of aliphatic imine (C=N–C) groups is 1. The zero-order valence-corrected chi connectivity index (χ0v) is 22.6. The highest BCUT2D eigenvalue weighted by Gasteiger charge is 2.24. The van der Waals surface area contributed by atoms with Gasteiger partial charge in [0, 0.05) is 12.7 Å². The molecular weight excluding hydrogens is 668 g/mol. The number of halogens is 3. The average Bonchev–Trinajstić information content (AvgIpc) is 3.14. The minimum Gasteiger partial charge on any atom is -0.490 e. The molecule has 168 valence electrons. The van der Waals surface area contributed by atoms with E-state index in [1.807, 2.05) is 55.5 Å². The molecule has 0 fully saturated rings. The van der Waals surface area contributed by atoms with E-state index in [1.54, 1.807) is 18.2 Å². The summed E-state index contributed by atoms with van der Waals surface area (Å²) in [5, 5.41) is 0.381. The molecule has 3 aromatic rings. The summed E-state index contributed by atoms with van der Waals surface area (Å²) < 4.78 is 19.3. The smallest absolute Gasteiger partial charge is 0.363 e. The number of rotatable bonds is 7. The fourth-order valence-electron chi connectivity index (χ4n) is 3.14. The molecule has 5 nitrogen and oxygen atoms in total. The molecule has 0 spiro atoms. The van der Waals surface area contributed by atoms with Crippen molar-refractivity contribution in [3.8, 4) is 11.5 Å². The van der Waals surface area contributed by atoms with Crippen LogP contribution in [0.1, 0.15) is 23.6 Å². The molecule has 0 atom stereocenters. The zero-order valence-electron chi connectivity index (χ0n) is 17.5. The first-order valence-electron chi connectivity index (χ1n) is 10.0. The quantitative estimate of drug-likeness (QED) is 0.155. The van der Waals surface area contributed by atoms with E-state index < -0.39 is 5.97 Å². The van der Waals surface area contributed by atoms with E-state index in [1.165, 1.54) is 0 Å². The van der Waals surface area contributed by atoms with Crippen LogP contribution in [0.15, 0.2) is 71.4 Å². The molecule has 3 aromatic carbocycles. The Kier molecular flexibility index (Phi) is 7.92. The summed E-state index contributed by atoms with van der Waals surface area (Å²) in [6.45, 7) is 2.68. The Hall–Kier alpha value is -2.11. The lowest BCUT2D eigenvalue weighted by Crippen LogP contribution is -2.05. The fraction of sp³-hybridized carbons (Fsp3) is 0.120. The Morgan fingerprint density at radius 3 is 2.55 bits per heavy atom. The molecule has 0 aromatic heterocycles. The molecule has 0 aliphatic carbocycles. The Labute approximate surface area is 224 Å². The molecule has 0 radical (unpaired) electrons. The number of ether oxygens (including phenoxy) is 3. The molecule has 0 amide bonds. The van der Waals surface area contributed by atoms with Crippen molar-refractivity contribution in [1.82, 2.24) is 0 Å². The van der Waals surface area contributed by atoms with Crippen LogP contribution in [-0.4, -0.2) is 18.5 Å². The molecule has 1 aliphatic heterocycles. The van der Waals surface area contributed by atoms with Crippen molar-refractivity contribution in [2.45, 2.75) is 13.5 Å². The lowest BCUT2D eigenvalue weighted by molar-refractivity contribution is -0.129. The van der Waals surface area contributed by atoms with Gasteiger partial charge in [-0.15, -0.1) is 0 Å². The minimum atomic E-state index is -0.517. The number of cyclic esters (lactones) is 1. The third-order valence-corrected chi connectivity index (χ3v) is 6.29. The van der Waals surface area contributed by atoms with Crippen molar-refractivity contribution >= 4 is 74.7 Å². The van der Waals surface area contributed by atoms with Gasteiger partial charge in [-0.25, -0.2) is 9.79 Å². The van der Waals surface area contributed by atoms with Crippen LogP contribution in [0.5, 0.6) is 11.5 Å². The van der Waals surface area contributed by atoms with E-state index >= 15 is 0 Å². The van der Waals surface area contributed by atoms with Crippen LogP contribution in [0.2, 0.25) is 5.02 Å². The third kappa shape index (κ3) is 6.07. The Balaban J connectivity index is 1.61. The van der Waals surface area contributed by atoms with Crippen LogP contribution in [0, 0.1) is 7.14 Å². The number of esters is 1.